The van der Waals surface area contributed by atoms with Crippen molar-refractivity contribution in [1.29, 1.82) is 0 Å². The topological polar surface area (TPSA) is 72.2 Å². The minimum atomic E-state index is -0.957. The van der Waals surface area contributed by atoms with Crippen LogP contribution in [0.2, 0.25) is 0 Å². The molecule has 0 bridgehead atoms. The van der Waals surface area contributed by atoms with Crippen LogP contribution in [0.4, 0.5) is 5.69 Å². The van der Waals surface area contributed by atoms with Crippen LogP contribution in [-0.4, -0.2) is 11.8 Å². The van der Waals surface area contributed by atoms with E-state index in [4.69, 9.17) is 5.73 Å². The van der Waals surface area contributed by atoms with Gasteiger partial charge in [-0.25, -0.2) is 0 Å². The Morgan fingerprint density at radius 3 is 2.53 bits per heavy atom. The van der Waals surface area contributed by atoms with Gasteiger partial charge in [0.1, 0.15) is 5.41 Å². The number of carbonyl (C=O) groups is 2. The van der Waals surface area contributed by atoms with Gasteiger partial charge in [0, 0.05) is 5.69 Å². The summed E-state index contributed by atoms with van der Waals surface area (Å²) in [6.45, 7) is 2.02. The minimum Gasteiger partial charge on any atom is -0.369 e. The molecule has 1 fully saturated rings. The summed E-state index contributed by atoms with van der Waals surface area (Å²) in [4.78, 5) is 23.2. The highest BCUT2D eigenvalue weighted by Gasteiger charge is 2.55. The molecule has 0 radical (unpaired) electrons. The van der Waals surface area contributed by atoms with E-state index in [1.54, 1.807) is 0 Å². The van der Waals surface area contributed by atoms with Crippen molar-refractivity contribution in [1.82, 2.24) is 0 Å². The molecule has 1 aliphatic rings. The number of hydrogen-bond donors (Lipinski definition) is 2. The van der Waals surface area contributed by atoms with Crippen LogP contribution >= 0.6 is 0 Å². The van der Waals surface area contributed by atoms with Crippen LogP contribution in [0.3, 0.4) is 0 Å². The first-order chi connectivity index (χ1) is 8.10. The number of primary amides is 1. The van der Waals surface area contributed by atoms with E-state index in [0.717, 1.165) is 17.7 Å². The number of nitrogens with one attached hydrogen (secondary N) is 1. The van der Waals surface area contributed by atoms with Crippen molar-refractivity contribution in [2.45, 2.75) is 26.2 Å². The van der Waals surface area contributed by atoms with Crippen LogP contribution in [0.5, 0.6) is 0 Å². The number of benzene rings is 1. The largest absolute Gasteiger partial charge is 0.369 e. The molecule has 2 rings (SSSR count). The maximum absolute atomic E-state index is 12.0. The van der Waals surface area contributed by atoms with Gasteiger partial charge in [-0.05, 0) is 30.9 Å². The van der Waals surface area contributed by atoms with Crippen LogP contribution < -0.4 is 11.1 Å². The van der Waals surface area contributed by atoms with Crippen molar-refractivity contribution in [3.63, 3.8) is 0 Å². The fourth-order valence-corrected chi connectivity index (χ4v) is 1.90. The molecule has 4 nitrogen and oxygen atoms in total. The number of carbonyl (C=O) groups excluding carboxylic acids is 2. The quantitative estimate of drug-likeness (QED) is 0.771. The predicted octanol–water partition coefficient (Wildman–Crippen LogP) is 1.45. The summed E-state index contributed by atoms with van der Waals surface area (Å²) >= 11 is 0. The summed E-state index contributed by atoms with van der Waals surface area (Å²) in [7, 11) is 0. The van der Waals surface area contributed by atoms with Gasteiger partial charge in [-0.15, -0.1) is 0 Å². The third-order valence-corrected chi connectivity index (χ3v) is 3.30. The number of para-hydroxylation sites is 1. The van der Waals surface area contributed by atoms with Gasteiger partial charge >= 0.3 is 0 Å². The van der Waals surface area contributed by atoms with Gasteiger partial charge < -0.3 is 11.1 Å². The molecule has 90 valence electrons. The van der Waals surface area contributed by atoms with E-state index in [0.29, 0.717) is 12.8 Å². The highest BCUT2D eigenvalue weighted by atomic mass is 16.2. The summed E-state index contributed by atoms with van der Waals surface area (Å²) in [6.07, 6.45) is 1.95. The van der Waals surface area contributed by atoms with Gasteiger partial charge in [0.25, 0.3) is 0 Å². The van der Waals surface area contributed by atoms with E-state index in [1.165, 1.54) is 0 Å². The summed E-state index contributed by atoms with van der Waals surface area (Å²) < 4.78 is 0. The summed E-state index contributed by atoms with van der Waals surface area (Å²) in [5, 5.41) is 2.81. The first-order valence-corrected chi connectivity index (χ1v) is 5.79. The van der Waals surface area contributed by atoms with Crippen LogP contribution in [0, 0.1) is 5.41 Å². The third kappa shape index (κ3) is 2.02. The van der Waals surface area contributed by atoms with Crippen molar-refractivity contribution in [2.24, 2.45) is 11.1 Å². The molecular weight excluding hydrogens is 216 g/mol. The van der Waals surface area contributed by atoms with Crippen LogP contribution in [0.1, 0.15) is 25.3 Å². The third-order valence-electron chi connectivity index (χ3n) is 3.30. The van der Waals surface area contributed by atoms with Gasteiger partial charge in [-0.2, -0.15) is 0 Å². The van der Waals surface area contributed by atoms with E-state index >= 15 is 0 Å². The zero-order chi connectivity index (χ0) is 12.5. The van der Waals surface area contributed by atoms with E-state index in [2.05, 4.69) is 5.32 Å². The number of nitrogens with two attached hydrogens (primary N) is 1. The van der Waals surface area contributed by atoms with Gasteiger partial charge in [-0.3, -0.25) is 9.59 Å². The molecule has 1 aliphatic carbocycles. The molecular formula is C13H16N2O2. The lowest BCUT2D eigenvalue weighted by atomic mass is 10.0. The first kappa shape index (κ1) is 11.6. The average molecular weight is 232 g/mol. The molecule has 0 heterocycles. The average Bonchev–Trinajstić information content (AvgIpc) is 3.10. The SMILES string of the molecule is CCc1ccccc1NC(=O)C1(C(N)=O)CC1. The Balaban J connectivity index is 2.16. The van der Waals surface area contributed by atoms with Crippen molar-refractivity contribution in [3.8, 4) is 0 Å². The van der Waals surface area contributed by atoms with E-state index < -0.39 is 11.3 Å². The van der Waals surface area contributed by atoms with Crippen molar-refractivity contribution in [3.05, 3.63) is 29.8 Å². The molecule has 1 saturated carbocycles. The Morgan fingerprint density at radius 1 is 1.35 bits per heavy atom. The molecule has 0 saturated heterocycles. The number of anilines is 1. The summed E-state index contributed by atoms with van der Waals surface area (Å²) in [5.74, 6) is -0.796. The van der Waals surface area contributed by atoms with Crippen molar-refractivity contribution < 1.29 is 9.59 Å². The Bertz CT molecular complexity index is 464. The molecule has 0 aromatic heterocycles. The minimum absolute atomic E-state index is 0.272. The predicted molar refractivity (Wildman–Crippen MR) is 65.3 cm³/mol. The molecule has 0 unspecified atom stereocenters. The highest BCUT2D eigenvalue weighted by Crippen LogP contribution is 2.46. The lowest BCUT2D eigenvalue weighted by Gasteiger charge is -2.14. The highest BCUT2D eigenvalue weighted by molar-refractivity contribution is 6.12. The number of hydrogen-bond acceptors (Lipinski definition) is 2. The summed E-state index contributed by atoms with van der Waals surface area (Å²) in [5.41, 5.74) is 6.13. The Labute approximate surface area is 100 Å². The van der Waals surface area contributed by atoms with Crippen molar-refractivity contribution in [2.75, 3.05) is 5.32 Å². The molecule has 0 aliphatic heterocycles. The van der Waals surface area contributed by atoms with E-state index in [-0.39, 0.29) is 5.91 Å². The van der Waals surface area contributed by atoms with Gasteiger partial charge in [-0.1, -0.05) is 25.1 Å². The Kier molecular flexibility index (Phi) is 2.88. The molecule has 17 heavy (non-hydrogen) atoms. The lowest BCUT2D eigenvalue weighted by molar-refractivity contribution is -0.132. The summed E-state index contributed by atoms with van der Waals surface area (Å²) in [6, 6.07) is 7.58. The molecule has 0 spiro atoms. The standard InChI is InChI=1S/C13H16N2O2/c1-2-9-5-3-4-6-10(9)15-12(17)13(7-8-13)11(14)16/h3-6H,2,7-8H2,1H3,(H2,14,16)(H,15,17). The second kappa shape index (κ2) is 4.20. The molecule has 1 aromatic rings. The van der Waals surface area contributed by atoms with E-state index in [9.17, 15) is 9.59 Å². The van der Waals surface area contributed by atoms with Gasteiger partial charge in [0.15, 0.2) is 0 Å². The smallest absolute Gasteiger partial charge is 0.240 e. The molecule has 2 amide bonds. The first-order valence-electron chi connectivity index (χ1n) is 5.79. The zero-order valence-corrected chi connectivity index (χ0v) is 9.82. The maximum atomic E-state index is 12.0. The fraction of sp³-hybridized carbons (Fsp3) is 0.385. The Morgan fingerprint density at radius 2 is 2.00 bits per heavy atom. The molecule has 3 N–H and O–H groups in total. The molecule has 4 heteroatoms. The molecule has 0 atom stereocenters. The Hall–Kier alpha value is -1.84. The number of amides is 2. The monoisotopic (exact) mass is 232 g/mol. The number of rotatable bonds is 4. The normalized spacial score (nSPS) is 16.3. The fourth-order valence-electron chi connectivity index (χ4n) is 1.90. The van der Waals surface area contributed by atoms with Crippen LogP contribution in [-0.2, 0) is 16.0 Å². The second-order valence-electron chi connectivity index (χ2n) is 4.41. The number of aryl methyl sites for hydroxylation is 1. The molecule has 1 aromatic carbocycles. The maximum Gasteiger partial charge on any atom is 0.240 e. The zero-order valence-electron chi connectivity index (χ0n) is 9.82. The van der Waals surface area contributed by atoms with Crippen LogP contribution in [0.25, 0.3) is 0 Å². The van der Waals surface area contributed by atoms with Gasteiger partial charge in [0.05, 0.1) is 0 Å². The van der Waals surface area contributed by atoms with Gasteiger partial charge in [0.2, 0.25) is 11.8 Å². The second-order valence-corrected chi connectivity index (χ2v) is 4.41. The lowest BCUT2D eigenvalue weighted by Crippen LogP contribution is -2.36. The van der Waals surface area contributed by atoms with Crippen molar-refractivity contribution >= 4 is 17.5 Å². The van der Waals surface area contributed by atoms with Crippen LogP contribution in [0.15, 0.2) is 24.3 Å². The van der Waals surface area contributed by atoms with E-state index in [1.807, 2.05) is 31.2 Å².